The van der Waals surface area contributed by atoms with E-state index in [2.05, 4.69) is 15.9 Å². The highest BCUT2D eigenvalue weighted by Gasteiger charge is 2.32. The molecule has 0 spiro atoms. The number of anilines is 1. The molecule has 1 aliphatic rings. The first kappa shape index (κ1) is 16.8. The van der Waals surface area contributed by atoms with Crippen LogP contribution >= 0.6 is 15.9 Å². The zero-order chi connectivity index (χ0) is 17.4. The van der Waals surface area contributed by atoms with Crippen molar-refractivity contribution in [1.82, 2.24) is 0 Å². The minimum absolute atomic E-state index is 0.0567. The second kappa shape index (κ2) is 6.47. The second-order valence-electron chi connectivity index (χ2n) is 5.46. The Morgan fingerprint density at radius 2 is 2.04 bits per heavy atom. The number of hydrogen-bond donors (Lipinski definition) is 0. The third-order valence-corrected chi connectivity index (χ3v) is 4.36. The first-order valence-electron chi connectivity index (χ1n) is 7.21. The largest absolute Gasteiger partial charge is 0.479 e. The third kappa shape index (κ3) is 3.13. The van der Waals surface area contributed by atoms with Crippen molar-refractivity contribution in [3.05, 3.63) is 57.8 Å². The van der Waals surface area contributed by atoms with Crippen LogP contribution in [0.1, 0.15) is 24.5 Å². The molecule has 1 amide bonds. The van der Waals surface area contributed by atoms with Crippen molar-refractivity contribution in [2.24, 2.45) is 0 Å². The average Bonchev–Trinajstić information content (AvgIpc) is 2.54. The van der Waals surface area contributed by atoms with Gasteiger partial charge in [-0.25, -0.2) is 13.2 Å². The molecule has 0 bridgehead atoms. The lowest BCUT2D eigenvalue weighted by molar-refractivity contribution is -0.125. The molecular formula is C17H13BrF3NO2. The van der Waals surface area contributed by atoms with Gasteiger partial charge in [0.15, 0.2) is 6.10 Å². The van der Waals surface area contributed by atoms with Crippen molar-refractivity contribution >= 4 is 27.5 Å². The van der Waals surface area contributed by atoms with Crippen LogP contribution in [0.2, 0.25) is 0 Å². The van der Waals surface area contributed by atoms with E-state index in [9.17, 15) is 18.0 Å². The van der Waals surface area contributed by atoms with Gasteiger partial charge >= 0.3 is 0 Å². The molecule has 1 atom stereocenters. The van der Waals surface area contributed by atoms with E-state index in [1.807, 2.05) is 0 Å². The van der Waals surface area contributed by atoms with Gasteiger partial charge < -0.3 is 9.64 Å². The molecule has 2 aromatic carbocycles. The first-order valence-corrected chi connectivity index (χ1v) is 8.00. The van der Waals surface area contributed by atoms with Crippen LogP contribution in [0, 0.1) is 5.82 Å². The summed E-state index contributed by atoms with van der Waals surface area (Å²) in [6.45, 7) is 1.65. The fourth-order valence-electron chi connectivity index (χ4n) is 2.58. The van der Waals surface area contributed by atoms with Crippen LogP contribution < -0.4 is 9.64 Å². The summed E-state index contributed by atoms with van der Waals surface area (Å²) in [6, 6.07) is 8.47. The van der Waals surface area contributed by atoms with Gasteiger partial charge in [0, 0.05) is 11.6 Å². The van der Waals surface area contributed by atoms with Crippen molar-refractivity contribution in [3.8, 4) is 5.75 Å². The summed E-state index contributed by atoms with van der Waals surface area (Å²) in [6.07, 6.45) is -3.34. The van der Waals surface area contributed by atoms with Gasteiger partial charge in [0.25, 0.3) is 12.3 Å². The number of carbonyl (C=O) groups excluding carboxylic acids is 1. The molecule has 3 nitrogen and oxygen atoms in total. The minimum atomic E-state index is -2.59. The van der Waals surface area contributed by atoms with E-state index < -0.39 is 18.3 Å². The van der Waals surface area contributed by atoms with Crippen molar-refractivity contribution in [3.63, 3.8) is 0 Å². The molecule has 1 aliphatic heterocycles. The molecule has 0 saturated heterocycles. The highest BCUT2D eigenvalue weighted by Crippen LogP contribution is 2.38. The van der Waals surface area contributed by atoms with Gasteiger partial charge in [-0.15, -0.1) is 0 Å². The Labute approximate surface area is 145 Å². The van der Waals surface area contributed by atoms with Crippen molar-refractivity contribution < 1.29 is 22.7 Å². The number of carbonyl (C=O) groups is 1. The zero-order valence-corrected chi connectivity index (χ0v) is 14.2. The molecule has 1 unspecified atom stereocenters. The first-order chi connectivity index (χ1) is 11.4. The van der Waals surface area contributed by atoms with Gasteiger partial charge in [-0.2, -0.15) is 0 Å². The molecule has 0 N–H and O–H groups in total. The van der Waals surface area contributed by atoms with Crippen LogP contribution in [0.15, 0.2) is 40.9 Å². The second-order valence-corrected chi connectivity index (χ2v) is 6.32. The standard InChI is InChI=1S/C17H13BrF3NO2/c1-9-17(23)22(8-10-3-2-4-11(5-10)16(20)21)14-7-13(19)12(18)6-15(14)24-9/h2-7,9,16H,8H2,1H3. The summed E-state index contributed by atoms with van der Waals surface area (Å²) in [4.78, 5) is 13.8. The normalized spacial score (nSPS) is 17.0. The maximum Gasteiger partial charge on any atom is 0.268 e. The van der Waals surface area contributed by atoms with E-state index in [0.29, 0.717) is 11.3 Å². The molecule has 24 heavy (non-hydrogen) atoms. The monoisotopic (exact) mass is 399 g/mol. The number of hydrogen-bond acceptors (Lipinski definition) is 2. The molecule has 0 aromatic heterocycles. The molecule has 0 radical (unpaired) electrons. The molecule has 0 aliphatic carbocycles. The third-order valence-electron chi connectivity index (χ3n) is 3.75. The van der Waals surface area contributed by atoms with E-state index in [4.69, 9.17) is 4.74 Å². The fraction of sp³-hybridized carbons (Fsp3) is 0.235. The highest BCUT2D eigenvalue weighted by atomic mass is 79.9. The van der Waals surface area contributed by atoms with Crippen LogP contribution in [0.5, 0.6) is 5.75 Å². The summed E-state index contributed by atoms with van der Waals surface area (Å²) >= 11 is 3.08. The van der Waals surface area contributed by atoms with Crippen molar-refractivity contribution in [2.75, 3.05) is 4.90 Å². The molecule has 0 fully saturated rings. The maximum atomic E-state index is 13.9. The molecule has 0 saturated carbocycles. The Morgan fingerprint density at radius 3 is 2.75 bits per heavy atom. The molecule has 7 heteroatoms. The number of alkyl halides is 2. The topological polar surface area (TPSA) is 29.5 Å². The fourth-order valence-corrected chi connectivity index (χ4v) is 2.90. The Kier molecular flexibility index (Phi) is 4.54. The molecule has 126 valence electrons. The Bertz CT molecular complexity index is 797. The van der Waals surface area contributed by atoms with E-state index in [0.717, 1.165) is 0 Å². The molecular weight excluding hydrogens is 387 g/mol. The summed E-state index contributed by atoms with van der Waals surface area (Å²) in [5.74, 6) is -0.530. The number of ether oxygens (including phenoxy) is 1. The van der Waals surface area contributed by atoms with Crippen LogP contribution in [0.25, 0.3) is 0 Å². The van der Waals surface area contributed by atoms with E-state index >= 15 is 0 Å². The minimum Gasteiger partial charge on any atom is -0.479 e. The molecule has 1 heterocycles. The van der Waals surface area contributed by atoms with Crippen LogP contribution in [-0.2, 0) is 11.3 Å². The van der Waals surface area contributed by atoms with Gasteiger partial charge in [-0.3, -0.25) is 4.79 Å². The number of fused-ring (bicyclic) bond motifs is 1. The number of amides is 1. The van der Waals surface area contributed by atoms with E-state index in [1.165, 1.54) is 35.2 Å². The number of halogens is 4. The Morgan fingerprint density at radius 1 is 1.29 bits per heavy atom. The van der Waals surface area contributed by atoms with Gasteiger partial charge in [0.2, 0.25) is 0 Å². The van der Waals surface area contributed by atoms with Crippen molar-refractivity contribution in [1.29, 1.82) is 0 Å². The number of benzene rings is 2. The van der Waals surface area contributed by atoms with Crippen LogP contribution in [-0.4, -0.2) is 12.0 Å². The Hall–Kier alpha value is -2.02. The van der Waals surface area contributed by atoms with Crippen LogP contribution in [0.3, 0.4) is 0 Å². The number of nitrogens with zero attached hydrogens (tertiary/aromatic N) is 1. The van der Waals surface area contributed by atoms with E-state index in [1.54, 1.807) is 13.0 Å². The summed E-state index contributed by atoms with van der Waals surface area (Å²) in [5, 5.41) is 0. The smallest absolute Gasteiger partial charge is 0.268 e. The maximum absolute atomic E-state index is 13.9. The quantitative estimate of drug-likeness (QED) is 0.738. The zero-order valence-electron chi connectivity index (χ0n) is 12.6. The Balaban J connectivity index is 1.99. The summed E-state index contributed by atoms with van der Waals surface area (Å²) < 4.78 is 45.3. The SMILES string of the molecule is CC1Oc2cc(Br)c(F)cc2N(Cc2cccc(C(F)F)c2)C1=O. The van der Waals surface area contributed by atoms with Gasteiger partial charge in [-0.1, -0.05) is 18.2 Å². The lowest BCUT2D eigenvalue weighted by atomic mass is 10.1. The van der Waals surface area contributed by atoms with Gasteiger partial charge in [0.05, 0.1) is 16.7 Å². The summed E-state index contributed by atoms with van der Waals surface area (Å²) in [5.41, 5.74) is 0.689. The van der Waals surface area contributed by atoms with Crippen molar-refractivity contribution in [2.45, 2.75) is 26.0 Å². The van der Waals surface area contributed by atoms with E-state index in [-0.39, 0.29) is 28.2 Å². The predicted octanol–water partition coefficient (Wildman–Crippen LogP) is 4.84. The summed E-state index contributed by atoms with van der Waals surface area (Å²) in [7, 11) is 0. The highest BCUT2D eigenvalue weighted by molar-refractivity contribution is 9.10. The van der Waals surface area contributed by atoms with Gasteiger partial charge in [-0.05, 0) is 40.5 Å². The number of rotatable bonds is 3. The van der Waals surface area contributed by atoms with Crippen LogP contribution in [0.4, 0.5) is 18.9 Å². The lowest BCUT2D eigenvalue weighted by Crippen LogP contribution is -2.44. The predicted molar refractivity (Wildman–Crippen MR) is 86.8 cm³/mol. The lowest BCUT2D eigenvalue weighted by Gasteiger charge is -2.33. The molecule has 3 rings (SSSR count). The average molecular weight is 400 g/mol. The van der Waals surface area contributed by atoms with Gasteiger partial charge in [0.1, 0.15) is 11.6 Å². The molecule has 2 aromatic rings.